The van der Waals surface area contributed by atoms with Crippen LogP contribution in [0.4, 0.5) is 5.69 Å². The highest BCUT2D eigenvalue weighted by atomic mass is 16.7. The number of hydrogen-bond acceptors (Lipinski definition) is 5. The number of fused-ring (bicyclic) bond motifs is 3. The molecule has 2 heterocycles. The van der Waals surface area contributed by atoms with Gasteiger partial charge >= 0.3 is 0 Å². The molecular weight excluding hydrogens is 548 g/mol. The number of benzene rings is 4. The second-order valence-electron chi connectivity index (χ2n) is 12.5. The van der Waals surface area contributed by atoms with Crippen LogP contribution in [0.25, 0.3) is 22.6 Å². The third kappa shape index (κ3) is 5.51. The average Bonchev–Trinajstić information content (AvgIpc) is 3.49. The first-order chi connectivity index (χ1) is 21.3. The lowest BCUT2D eigenvalue weighted by atomic mass is 9.69. The van der Waals surface area contributed by atoms with Crippen LogP contribution in [0.1, 0.15) is 54.4 Å². The molecule has 1 unspecified atom stereocenters. The molecule has 1 aromatic heterocycles. The van der Waals surface area contributed by atoms with Crippen molar-refractivity contribution in [1.82, 2.24) is 4.98 Å². The number of hydrogen-bond donors (Lipinski definition) is 1. The van der Waals surface area contributed by atoms with Crippen molar-refractivity contribution < 1.29 is 19.0 Å². The van der Waals surface area contributed by atoms with Gasteiger partial charge in [0.05, 0.1) is 16.8 Å². The molecule has 0 radical (unpaired) electrons. The summed E-state index contributed by atoms with van der Waals surface area (Å²) in [6, 6.07) is 31.0. The minimum absolute atomic E-state index is 0.0274. The van der Waals surface area contributed by atoms with E-state index in [-0.39, 0.29) is 18.1 Å². The number of aromatic nitrogens is 1. The summed E-state index contributed by atoms with van der Waals surface area (Å²) in [5, 5.41) is 4.02. The van der Waals surface area contributed by atoms with Gasteiger partial charge in [-0.25, -0.2) is 4.98 Å². The lowest BCUT2D eigenvalue weighted by Crippen LogP contribution is -2.29. The van der Waals surface area contributed by atoms with Gasteiger partial charge in [0.2, 0.25) is 6.79 Å². The quantitative estimate of drug-likeness (QED) is 0.224. The zero-order valence-corrected chi connectivity index (χ0v) is 25.1. The molecule has 44 heavy (non-hydrogen) atoms. The summed E-state index contributed by atoms with van der Waals surface area (Å²) in [4.78, 5) is 19.4. The van der Waals surface area contributed by atoms with E-state index in [1.165, 1.54) is 0 Å². The summed E-state index contributed by atoms with van der Waals surface area (Å²) in [6.07, 6.45) is 3.82. The molecule has 1 aliphatic heterocycles. The molecule has 0 bridgehead atoms. The SMILES string of the molecule is CC(C)(C)C1CC(=Cc2ccc3c(c2)OCO3)c2nc3ccccc3c(C(=O)Nc3ccc(Oc4ccccc4)cc3)c2C1. The predicted octanol–water partition coefficient (Wildman–Crippen LogP) is 9.16. The second kappa shape index (κ2) is 11.2. The number of carbonyl (C=O) groups excluding carboxylic acids is 1. The fourth-order valence-electron chi connectivity index (χ4n) is 6.02. The first-order valence-electron chi connectivity index (χ1n) is 15.0. The number of para-hydroxylation sites is 2. The molecule has 1 N–H and O–H groups in total. The van der Waals surface area contributed by atoms with Crippen LogP contribution < -0.4 is 19.5 Å². The van der Waals surface area contributed by atoms with Crippen LogP contribution in [-0.2, 0) is 6.42 Å². The largest absolute Gasteiger partial charge is 0.457 e. The molecule has 220 valence electrons. The van der Waals surface area contributed by atoms with Crippen LogP contribution in [0.5, 0.6) is 23.0 Å². The zero-order valence-electron chi connectivity index (χ0n) is 25.1. The standard InChI is InChI=1S/C38H34N2O4/c1-38(2,3)26-21-25(19-24-13-18-33-34(20-24)43-23-42-33)36-31(22-26)35(30-11-7-8-12-32(30)40-36)37(41)39-27-14-16-29(17-15-27)44-28-9-5-4-6-10-28/h4-20,26H,21-23H2,1-3H3,(H,39,41). The van der Waals surface area contributed by atoms with Gasteiger partial charge in [-0.3, -0.25) is 4.79 Å². The van der Waals surface area contributed by atoms with E-state index >= 15 is 0 Å². The molecule has 4 aromatic carbocycles. The fraction of sp³-hybridized carbons (Fsp3) is 0.211. The number of nitrogens with zero attached hydrogens (tertiary/aromatic N) is 1. The molecule has 1 atom stereocenters. The van der Waals surface area contributed by atoms with E-state index in [4.69, 9.17) is 19.2 Å². The smallest absolute Gasteiger partial charge is 0.256 e. The van der Waals surface area contributed by atoms with E-state index in [1.807, 2.05) is 97.1 Å². The highest BCUT2D eigenvalue weighted by molar-refractivity contribution is 6.14. The number of carbonyl (C=O) groups is 1. The molecule has 5 aromatic rings. The molecule has 0 fully saturated rings. The zero-order chi connectivity index (χ0) is 30.3. The predicted molar refractivity (Wildman–Crippen MR) is 174 cm³/mol. The second-order valence-corrected chi connectivity index (χ2v) is 12.5. The van der Waals surface area contributed by atoms with Crippen molar-refractivity contribution in [3.63, 3.8) is 0 Å². The van der Waals surface area contributed by atoms with Crippen LogP contribution >= 0.6 is 0 Å². The first-order valence-corrected chi connectivity index (χ1v) is 15.0. The summed E-state index contributed by atoms with van der Waals surface area (Å²) in [7, 11) is 0. The maximum Gasteiger partial charge on any atom is 0.256 e. The third-order valence-corrected chi connectivity index (χ3v) is 8.49. The van der Waals surface area contributed by atoms with Gasteiger partial charge in [0.25, 0.3) is 5.91 Å². The maximum absolute atomic E-state index is 14.2. The topological polar surface area (TPSA) is 69.7 Å². The van der Waals surface area contributed by atoms with Crippen LogP contribution in [0.3, 0.4) is 0 Å². The van der Waals surface area contributed by atoms with Gasteiger partial charge in [-0.05, 0) is 102 Å². The highest BCUT2D eigenvalue weighted by Gasteiger charge is 2.35. The van der Waals surface area contributed by atoms with E-state index in [0.717, 1.165) is 63.4 Å². The molecule has 1 amide bonds. The summed E-state index contributed by atoms with van der Waals surface area (Å²) in [6.45, 7) is 7.05. The summed E-state index contributed by atoms with van der Waals surface area (Å²) in [5.74, 6) is 3.14. The number of rotatable bonds is 5. The van der Waals surface area contributed by atoms with E-state index < -0.39 is 0 Å². The molecule has 7 rings (SSSR count). The molecule has 0 spiro atoms. The van der Waals surface area contributed by atoms with Crippen LogP contribution in [-0.4, -0.2) is 17.7 Å². The average molecular weight is 583 g/mol. The van der Waals surface area contributed by atoms with Gasteiger partial charge in [-0.15, -0.1) is 0 Å². The summed E-state index contributed by atoms with van der Waals surface area (Å²) in [5.41, 5.74) is 6.22. The number of pyridine rings is 1. The van der Waals surface area contributed by atoms with E-state index in [9.17, 15) is 4.79 Å². The van der Waals surface area contributed by atoms with Crippen molar-refractivity contribution in [2.24, 2.45) is 11.3 Å². The van der Waals surface area contributed by atoms with E-state index in [0.29, 0.717) is 22.9 Å². The minimum atomic E-state index is -0.145. The van der Waals surface area contributed by atoms with Gasteiger partial charge in [-0.1, -0.05) is 63.2 Å². The molecule has 0 saturated carbocycles. The minimum Gasteiger partial charge on any atom is -0.457 e. The highest BCUT2D eigenvalue weighted by Crippen LogP contribution is 2.45. The van der Waals surface area contributed by atoms with Crippen molar-refractivity contribution in [2.75, 3.05) is 12.1 Å². The van der Waals surface area contributed by atoms with Gasteiger partial charge in [0, 0.05) is 11.1 Å². The van der Waals surface area contributed by atoms with Crippen molar-refractivity contribution >= 4 is 34.1 Å². The Morgan fingerprint density at radius 1 is 0.864 bits per heavy atom. The maximum atomic E-state index is 14.2. The summed E-state index contributed by atoms with van der Waals surface area (Å²) >= 11 is 0. The molecule has 1 aliphatic carbocycles. The Balaban J connectivity index is 1.28. The Morgan fingerprint density at radius 3 is 2.39 bits per heavy atom. The molecule has 6 nitrogen and oxygen atoms in total. The van der Waals surface area contributed by atoms with Crippen molar-refractivity contribution in [2.45, 2.75) is 33.6 Å². The normalized spacial score (nSPS) is 16.5. The van der Waals surface area contributed by atoms with Crippen LogP contribution in [0, 0.1) is 11.3 Å². The van der Waals surface area contributed by atoms with Gasteiger partial charge < -0.3 is 19.5 Å². The first kappa shape index (κ1) is 27.7. The van der Waals surface area contributed by atoms with Gasteiger partial charge in [0.1, 0.15) is 11.5 Å². The van der Waals surface area contributed by atoms with Gasteiger partial charge in [0.15, 0.2) is 11.5 Å². The number of ether oxygens (including phenoxy) is 3. The molecule has 2 aliphatic rings. The van der Waals surface area contributed by atoms with Crippen molar-refractivity contribution in [3.8, 4) is 23.0 Å². The molecule has 6 heteroatoms. The lowest BCUT2D eigenvalue weighted by Gasteiger charge is -2.37. The summed E-state index contributed by atoms with van der Waals surface area (Å²) < 4.78 is 17.1. The van der Waals surface area contributed by atoms with E-state index in [2.05, 4.69) is 32.2 Å². The number of amides is 1. The monoisotopic (exact) mass is 582 g/mol. The van der Waals surface area contributed by atoms with Gasteiger partial charge in [-0.2, -0.15) is 0 Å². The Labute approximate surface area is 257 Å². The number of nitrogens with one attached hydrogen (secondary N) is 1. The van der Waals surface area contributed by atoms with Crippen LogP contribution in [0.15, 0.2) is 97.1 Å². The van der Waals surface area contributed by atoms with Crippen molar-refractivity contribution in [3.05, 3.63) is 119 Å². The number of anilines is 1. The molecule has 0 saturated heterocycles. The molecular formula is C38H34N2O4. The fourth-order valence-corrected chi connectivity index (χ4v) is 6.02. The number of allylic oxidation sites excluding steroid dienone is 1. The van der Waals surface area contributed by atoms with E-state index in [1.54, 1.807) is 0 Å². The Bertz CT molecular complexity index is 1890. The Hall–Kier alpha value is -5.10. The van der Waals surface area contributed by atoms with Crippen molar-refractivity contribution in [1.29, 1.82) is 0 Å². The Kier molecular flexibility index (Phi) is 7.05. The van der Waals surface area contributed by atoms with Crippen LogP contribution in [0.2, 0.25) is 0 Å². The third-order valence-electron chi connectivity index (χ3n) is 8.49. The lowest BCUT2D eigenvalue weighted by molar-refractivity contribution is 0.102. The Morgan fingerprint density at radius 2 is 1.59 bits per heavy atom.